The number of halogens is 1. The van der Waals surface area contributed by atoms with Crippen molar-refractivity contribution in [2.45, 2.75) is 24.9 Å². The third-order valence-corrected chi connectivity index (χ3v) is 6.96. The predicted molar refractivity (Wildman–Crippen MR) is 121 cm³/mol. The van der Waals surface area contributed by atoms with Gasteiger partial charge in [-0.25, -0.2) is 23.5 Å². The van der Waals surface area contributed by atoms with Crippen molar-refractivity contribution in [1.29, 1.82) is 0 Å². The van der Waals surface area contributed by atoms with Crippen LogP contribution < -0.4 is 16.1 Å². The number of ether oxygens (including phenoxy) is 1. The molecule has 1 aliphatic heterocycles. The lowest BCUT2D eigenvalue weighted by molar-refractivity contribution is -0.115. The Balaban J connectivity index is 1.77. The van der Waals surface area contributed by atoms with E-state index in [-0.39, 0.29) is 42.2 Å². The molecular weight excluding hydrogens is 494 g/mol. The second kappa shape index (κ2) is 7.96. The molecule has 0 amide bonds. The minimum atomic E-state index is -0.641. The van der Waals surface area contributed by atoms with Crippen molar-refractivity contribution in [2.24, 2.45) is 7.05 Å². The molecule has 2 heterocycles. The van der Waals surface area contributed by atoms with Gasteiger partial charge in [0.25, 0.3) is 0 Å². The van der Waals surface area contributed by atoms with Gasteiger partial charge in [-0.1, -0.05) is 24.3 Å². The number of carbonyl (C=O) groups is 2. The van der Waals surface area contributed by atoms with Crippen LogP contribution in [0.3, 0.4) is 0 Å². The summed E-state index contributed by atoms with van der Waals surface area (Å²) in [4.78, 5) is 51.8. The van der Waals surface area contributed by atoms with Gasteiger partial charge in [0, 0.05) is 42.2 Å². The first-order chi connectivity index (χ1) is 15.8. The van der Waals surface area contributed by atoms with Crippen LogP contribution in [0.1, 0.15) is 23.9 Å². The molecule has 0 bridgehead atoms. The minimum Gasteiger partial charge on any atom is -0.491 e. The Morgan fingerprint density at radius 2 is 1.91 bits per heavy atom. The van der Waals surface area contributed by atoms with E-state index in [2.05, 4.69) is 15.9 Å². The Morgan fingerprint density at radius 3 is 2.67 bits per heavy atom. The van der Waals surface area contributed by atoms with Crippen molar-refractivity contribution >= 4 is 27.5 Å². The van der Waals surface area contributed by atoms with E-state index in [1.807, 2.05) is 12.1 Å². The number of ketones is 2. The Morgan fingerprint density at radius 1 is 1.15 bits per heavy atom. The van der Waals surface area contributed by atoms with E-state index in [9.17, 15) is 24.3 Å². The zero-order valence-electron chi connectivity index (χ0n) is 17.7. The molecule has 2 atom stereocenters. The largest absolute Gasteiger partial charge is 0.491 e. The average molecular weight is 514 g/mol. The number of nitrogens with zero attached hydrogens (tertiary/aromatic N) is 3. The number of hydrogen-bond donors (Lipinski definition) is 1. The maximum absolute atomic E-state index is 13.2. The lowest BCUT2D eigenvalue weighted by atomic mass is 9.68. The standard InChI is InChI=1S/C23H20BrN3O6/c1-25-22(31)26-7-6-12-16(27(26)23(25)32)10-14-20(17(29)11-15(24)21(14)30)19(12)13-4-2-3-5-18(13)33-9-8-28/h2-6,11,16,19,28H,7-10H2,1H3/t16-,19-/m1/s1. The third kappa shape index (κ3) is 3.16. The van der Waals surface area contributed by atoms with Crippen LogP contribution in [-0.4, -0.2) is 43.8 Å². The molecule has 3 aliphatic rings. The molecule has 1 aromatic heterocycles. The summed E-state index contributed by atoms with van der Waals surface area (Å²) in [7, 11) is 1.42. The molecule has 2 aliphatic carbocycles. The number of carbonyl (C=O) groups excluding carboxylic acids is 2. The zero-order valence-corrected chi connectivity index (χ0v) is 19.2. The monoisotopic (exact) mass is 513 g/mol. The van der Waals surface area contributed by atoms with Gasteiger partial charge in [0.2, 0.25) is 0 Å². The number of aliphatic hydroxyl groups is 1. The Labute approximate surface area is 196 Å². The van der Waals surface area contributed by atoms with E-state index in [1.165, 1.54) is 22.5 Å². The molecular formula is C23H20BrN3O6. The lowest BCUT2D eigenvalue weighted by Gasteiger charge is -2.39. The average Bonchev–Trinajstić information content (AvgIpc) is 3.04. The topological polar surface area (TPSA) is 113 Å². The van der Waals surface area contributed by atoms with E-state index in [0.717, 1.165) is 10.1 Å². The van der Waals surface area contributed by atoms with Crippen LogP contribution in [-0.2, 0) is 23.2 Å². The molecule has 0 saturated carbocycles. The highest BCUT2D eigenvalue weighted by Gasteiger charge is 2.45. The summed E-state index contributed by atoms with van der Waals surface area (Å²) in [6.45, 7) is 0.0480. The van der Waals surface area contributed by atoms with E-state index in [4.69, 9.17) is 4.74 Å². The number of hydrogen-bond acceptors (Lipinski definition) is 6. The van der Waals surface area contributed by atoms with Crippen molar-refractivity contribution < 1.29 is 19.4 Å². The van der Waals surface area contributed by atoms with Crippen LogP contribution in [0, 0.1) is 0 Å². The van der Waals surface area contributed by atoms with Crippen molar-refractivity contribution in [1.82, 2.24) is 13.9 Å². The van der Waals surface area contributed by atoms with Gasteiger partial charge < -0.3 is 9.84 Å². The van der Waals surface area contributed by atoms with Gasteiger partial charge in [-0.3, -0.25) is 9.59 Å². The maximum Gasteiger partial charge on any atom is 0.347 e. The van der Waals surface area contributed by atoms with Crippen LogP contribution in [0.2, 0.25) is 0 Å². The van der Waals surface area contributed by atoms with Crippen LogP contribution in [0.15, 0.2) is 67.2 Å². The number of aliphatic hydroxyl groups excluding tert-OH is 1. The molecule has 0 radical (unpaired) electrons. The molecule has 9 nitrogen and oxygen atoms in total. The predicted octanol–water partition coefficient (Wildman–Crippen LogP) is 1.12. The quantitative estimate of drug-likeness (QED) is 0.484. The summed E-state index contributed by atoms with van der Waals surface area (Å²) in [6, 6.07) is 6.53. The smallest absolute Gasteiger partial charge is 0.347 e. The van der Waals surface area contributed by atoms with Crippen molar-refractivity contribution in [3.63, 3.8) is 0 Å². The SMILES string of the molecule is Cn1c(=O)n2n(c1=O)[C@@H]1CC3=C(C(=O)C=C(Br)C3=O)[C@@H](c3ccccc3OCCO)C1=CC2. The molecule has 1 N–H and O–H groups in total. The summed E-state index contributed by atoms with van der Waals surface area (Å²) in [6.07, 6.45) is 3.25. The van der Waals surface area contributed by atoms with Crippen molar-refractivity contribution in [3.05, 3.63) is 84.2 Å². The van der Waals surface area contributed by atoms with Gasteiger partial charge in [-0.05, 0) is 27.6 Å². The number of benzene rings is 1. The Kier molecular flexibility index (Phi) is 5.21. The summed E-state index contributed by atoms with van der Waals surface area (Å²) >= 11 is 3.19. The van der Waals surface area contributed by atoms with Gasteiger partial charge in [-0.15, -0.1) is 0 Å². The normalized spacial score (nSPS) is 21.8. The maximum atomic E-state index is 13.2. The van der Waals surface area contributed by atoms with E-state index in [0.29, 0.717) is 22.5 Å². The number of para-hydroxylation sites is 1. The highest BCUT2D eigenvalue weighted by molar-refractivity contribution is 9.12. The number of allylic oxidation sites excluding steroid dienone is 6. The summed E-state index contributed by atoms with van der Waals surface area (Å²) in [5, 5.41) is 9.25. The zero-order chi connectivity index (χ0) is 23.4. The molecule has 33 heavy (non-hydrogen) atoms. The number of fused-ring (bicyclic) bond motifs is 3. The van der Waals surface area contributed by atoms with Gasteiger partial charge in [0.05, 0.1) is 23.7 Å². The van der Waals surface area contributed by atoms with Gasteiger partial charge >= 0.3 is 11.4 Å². The number of Topliss-reactive ketones (excluding diaryl/α,β-unsaturated/α-hetero) is 1. The molecule has 0 unspecified atom stereocenters. The van der Waals surface area contributed by atoms with Crippen LogP contribution in [0.5, 0.6) is 5.75 Å². The van der Waals surface area contributed by atoms with Gasteiger partial charge in [0.15, 0.2) is 11.6 Å². The molecule has 2 aromatic rings. The highest BCUT2D eigenvalue weighted by atomic mass is 79.9. The minimum absolute atomic E-state index is 0.0636. The summed E-state index contributed by atoms with van der Waals surface area (Å²) < 4.78 is 9.69. The molecule has 0 saturated heterocycles. The first-order valence-corrected chi connectivity index (χ1v) is 11.2. The number of rotatable bonds is 4. The van der Waals surface area contributed by atoms with Crippen molar-refractivity contribution in [2.75, 3.05) is 13.2 Å². The molecule has 170 valence electrons. The first kappa shape index (κ1) is 21.6. The van der Waals surface area contributed by atoms with Crippen LogP contribution >= 0.6 is 15.9 Å². The van der Waals surface area contributed by atoms with Gasteiger partial charge in [0.1, 0.15) is 12.4 Å². The fourth-order valence-electron chi connectivity index (χ4n) is 4.95. The second-order valence-electron chi connectivity index (χ2n) is 8.10. The fourth-order valence-corrected chi connectivity index (χ4v) is 5.40. The fraction of sp³-hybridized carbons (Fsp3) is 0.304. The molecule has 5 rings (SSSR count). The summed E-state index contributed by atoms with van der Waals surface area (Å²) in [5.41, 5.74) is 1.16. The van der Waals surface area contributed by atoms with E-state index < -0.39 is 23.3 Å². The molecule has 10 heteroatoms. The van der Waals surface area contributed by atoms with E-state index in [1.54, 1.807) is 18.2 Å². The molecule has 1 aromatic carbocycles. The van der Waals surface area contributed by atoms with Crippen LogP contribution in [0.25, 0.3) is 0 Å². The van der Waals surface area contributed by atoms with Crippen molar-refractivity contribution in [3.8, 4) is 5.75 Å². The van der Waals surface area contributed by atoms with E-state index >= 15 is 0 Å². The van der Waals surface area contributed by atoms with Gasteiger partial charge in [-0.2, -0.15) is 0 Å². The summed E-state index contributed by atoms with van der Waals surface area (Å²) in [5.74, 6) is -0.771. The molecule has 0 spiro atoms. The molecule has 0 fully saturated rings. The second-order valence-corrected chi connectivity index (χ2v) is 8.95. The Hall–Kier alpha value is -3.24. The Bertz CT molecular complexity index is 1420. The lowest BCUT2D eigenvalue weighted by Crippen LogP contribution is -2.40. The highest BCUT2D eigenvalue weighted by Crippen LogP contribution is 2.51. The third-order valence-electron chi connectivity index (χ3n) is 6.37. The first-order valence-electron chi connectivity index (χ1n) is 10.4. The number of aromatic nitrogens is 3. The van der Waals surface area contributed by atoms with Crippen LogP contribution in [0.4, 0.5) is 0 Å².